The Hall–Kier alpha value is -1.43. The zero-order valence-corrected chi connectivity index (χ0v) is 11.9. The lowest BCUT2D eigenvalue weighted by atomic mass is 10.1. The molecular weight excluding hydrogens is 258 g/mol. The highest BCUT2D eigenvalue weighted by atomic mass is 16.7. The summed E-state index contributed by atoms with van der Waals surface area (Å²) >= 11 is 0. The van der Waals surface area contributed by atoms with Crippen molar-refractivity contribution in [3.05, 3.63) is 35.9 Å². The normalized spacial score (nSPS) is 20.1. The van der Waals surface area contributed by atoms with Gasteiger partial charge in [0.05, 0.1) is 6.61 Å². The van der Waals surface area contributed by atoms with Crippen LogP contribution in [0, 0.1) is 0 Å². The number of rotatable bonds is 5. The van der Waals surface area contributed by atoms with Crippen LogP contribution in [0.25, 0.3) is 0 Å². The molecule has 0 bridgehead atoms. The van der Waals surface area contributed by atoms with E-state index in [-0.39, 0.29) is 0 Å². The molecule has 20 heavy (non-hydrogen) atoms. The van der Waals surface area contributed by atoms with Crippen molar-refractivity contribution in [1.82, 2.24) is 5.06 Å². The molecule has 0 saturated carbocycles. The Morgan fingerprint density at radius 1 is 1.40 bits per heavy atom. The topological polar surface area (TPSA) is 59.0 Å². The largest absolute Gasteiger partial charge is 0.375 e. The predicted molar refractivity (Wildman–Crippen MR) is 73.3 cm³/mol. The lowest BCUT2D eigenvalue weighted by Crippen LogP contribution is -2.42. The van der Waals surface area contributed by atoms with Gasteiger partial charge < -0.3 is 14.7 Å². The van der Waals surface area contributed by atoms with E-state index < -0.39 is 17.8 Å². The van der Waals surface area contributed by atoms with Gasteiger partial charge in [0.25, 0.3) is 0 Å². The van der Waals surface area contributed by atoms with Gasteiger partial charge in [0, 0.05) is 6.54 Å². The Labute approximate surface area is 119 Å². The van der Waals surface area contributed by atoms with Gasteiger partial charge in [-0.05, 0) is 32.3 Å². The first-order chi connectivity index (χ1) is 9.49. The molecule has 1 heterocycles. The van der Waals surface area contributed by atoms with E-state index in [1.165, 1.54) is 5.06 Å². The molecule has 1 N–H and O–H groups in total. The molecule has 1 aromatic carbocycles. The van der Waals surface area contributed by atoms with Gasteiger partial charge in [-0.25, -0.2) is 4.79 Å². The average Bonchev–Trinajstić information content (AvgIpc) is 2.83. The number of benzene rings is 1. The third kappa shape index (κ3) is 3.79. The summed E-state index contributed by atoms with van der Waals surface area (Å²) in [6.07, 6.45) is 0.738. The standard InChI is InChI=1S/C15H21NO4/c1-15(2,19-11-12-7-4-3-5-8-12)14(18)20-16-10-6-9-13(16)17/h3-5,7-8,13,17H,6,9-11H2,1-2H3. The fourth-order valence-corrected chi connectivity index (χ4v) is 1.94. The number of carbonyl (C=O) groups excluding carboxylic acids is 1. The van der Waals surface area contributed by atoms with Crippen molar-refractivity contribution >= 4 is 5.97 Å². The minimum atomic E-state index is -1.06. The maximum atomic E-state index is 12.1. The first kappa shape index (κ1) is 15.0. The van der Waals surface area contributed by atoms with Crippen LogP contribution < -0.4 is 0 Å². The van der Waals surface area contributed by atoms with Crippen molar-refractivity contribution in [2.45, 2.75) is 45.1 Å². The van der Waals surface area contributed by atoms with Crippen LogP contribution in [0.5, 0.6) is 0 Å². The number of hydrogen-bond acceptors (Lipinski definition) is 5. The van der Waals surface area contributed by atoms with Crippen LogP contribution >= 0.6 is 0 Å². The number of aliphatic hydroxyl groups excluding tert-OH is 1. The number of carbonyl (C=O) groups is 1. The van der Waals surface area contributed by atoms with Crippen LogP contribution in [0.15, 0.2) is 30.3 Å². The summed E-state index contributed by atoms with van der Waals surface area (Å²) in [4.78, 5) is 17.3. The number of ether oxygens (including phenoxy) is 1. The smallest absolute Gasteiger partial charge is 0.356 e. The predicted octanol–water partition coefficient (Wildman–Crippen LogP) is 1.85. The van der Waals surface area contributed by atoms with E-state index in [1.54, 1.807) is 13.8 Å². The van der Waals surface area contributed by atoms with Gasteiger partial charge in [-0.3, -0.25) is 0 Å². The zero-order valence-electron chi connectivity index (χ0n) is 11.9. The van der Waals surface area contributed by atoms with E-state index >= 15 is 0 Å². The van der Waals surface area contributed by atoms with Gasteiger partial charge in [-0.15, -0.1) is 5.06 Å². The summed E-state index contributed by atoms with van der Waals surface area (Å²) in [6, 6.07) is 9.64. The van der Waals surface area contributed by atoms with E-state index in [4.69, 9.17) is 9.57 Å². The fourth-order valence-electron chi connectivity index (χ4n) is 1.94. The van der Waals surface area contributed by atoms with Gasteiger partial charge in [0.2, 0.25) is 0 Å². The van der Waals surface area contributed by atoms with Crippen molar-refractivity contribution in [3.8, 4) is 0 Å². The zero-order chi connectivity index (χ0) is 14.6. The van der Waals surface area contributed by atoms with Crippen molar-refractivity contribution < 1.29 is 19.5 Å². The molecule has 1 aliphatic rings. The third-order valence-electron chi connectivity index (χ3n) is 3.31. The molecule has 1 unspecified atom stereocenters. The van der Waals surface area contributed by atoms with Crippen molar-refractivity contribution in [2.75, 3.05) is 6.54 Å². The molecule has 5 nitrogen and oxygen atoms in total. The van der Waals surface area contributed by atoms with Gasteiger partial charge in [-0.1, -0.05) is 30.3 Å². The summed E-state index contributed by atoms with van der Waals surface area (Å²) in [5.74, 6) is -0.491. The van der Waals surface area contributed by atoms with Gasteiger partial charge in [0.15, 0.2) is 5.60 Å². The number of nitrogens with zero attached hydrogens (tertiary/aromatic N) is 1. The second-order valence-corrected chi connectivity index (χ2v) is 5.43. The molecule has 1 saturated heterocycles. The van der Waals surface area contributed by atoms with E-state index in [0.717, 1.165) is 12.0 Å². The molecule has 1 aliphatic heterocycles. The second kappa shape index (κ2) is 6.35. The van der Waals surface area contributed by atoms with Crippen LogP contribution in [0.1, 0.15) is 32.3 Å². The highest BCUT2D eigenvalue weighted by Gasteiger charge is 2.35. The highest BCUT2D eigenvalue weighted by molar-refractivity contribution is 5.78. The Bertz CT molecular complexity index is 446. The van der Waals surface area contributed by atoms with E-state index in [2.05, 4.69) is 0 Å². The molecule has 0 spiro atoms. The molecule has 1 atom stereocenters. The van der Waals surface area contributed by atoms with Gasteiger partial charge >= 0.3 is 5.97 Å². The van der Waals surface area contributed by atoms with Gasteiger partial charge in [0.1, 0.15) is 6.23 Å². The molecule has 5 heteroatoms. The average molecular weight is 279 g/mol. The molecular formula is C15H21NO4. The van der Waals surface area contributed by atoms with Crippen LogP contribution in [0.4, 0.5) is 0 Å². The first-order valence-electron chi connectivity index (χ1n) is 6.84. The maximum Gasteiger partial charge on any atom is 0.356 e. The lowest BCUT2D eigenvalue weighted by molar-refractivity contribution is -0.237. The summed E-state index contributed by atoms with van der Waals surface area (Å²) in [5, 5.41) is 10.9. The summed E-state index contributed by atoms with van der Waals surface area (Å²) in [5.41, 5.74) is -0.0624. The molecule has 0 aromatic heterocycles. The maximum absolute atomic E-state index is 12.1. The van der Waals surface area contributed by atoms with Gasteiger partial charge in [-0.2, -0.15) is 0 Å². The van der Waals surface area contributed by atoms with Crippen molar-refractivity contribution in [3.63, 3.8) is 0 Å². The van der Waals surface area contributed by atoms with Crippen LogP contribution in [-0.4, -0.2) is 34.5 Å². The summed E-state index contributed by atoms with van der Waals surface area (Å²) in [6.45, 7) is 4.23. The van der Waals surface area contributed by atoms with E-state index in [0.29, 0.717) is 19.6 Å². The molecule has 2 rings (SSSR count). The third-order valence-corrected chi connectivity index (χ3v) is 3.31. The minimum Gasteiger partial charge on any atom is -0.375 e. The highest BCUT2D eigenvalue weighted by Crippen LogP contribution is 2.20. The lowest BCUT2D eigenvalue weighted by Gasteiger charge is -2.27. The summed E-state index contributed by atoms with van der Waals surface area (Å²) < 4.78 is 5.64. The Morgan fingerprint density at radius 2 is 2.10 bits per heavy atom. The minimum absolute atomic E-state index is 0.339. The number of aliphatic hydroxyl groups is 1. The molecule has 0 amide bonds. The van der Waals surface area contributed by atoms with E-state index in [1.807, 2.05) is 30.3 Å². The fraction of sp³-hybridized carbons (Fsp3) is 0.533. The SMILES string of the molecule is CC(C)(OCc1ccccc1)C(=O)ON1CCCC1O. The van der Waals surface area contributed by atoms with Crippen molar-refractivity contribution in [1.29, 1.82) is 0 Å². The molecule has 0 radical (unpaired) electrons. The Morgan fingerprint density at radius 3 is 2.70 bits per heavy atom. The first-order valence-corrected chi connectivity index (χ1v) is 6.84. The quantitative estimate of drug-likeness (QED) is 0.891. The van der Waals surface area contributed by atoms with Crippen LogP contribution in [0.3, 0.4) is 0 Å². The Kier molecular flexibility index (Phi) is 4.75. The second-order valence-electron chi connectivity index (χ2n) is 5.43. The molecule has 0 aliphatic carbocycles. The van der Waals surface area contributed by atoms with Crippen molar-refractivity contribution in [2.24, 2.45) is 0 Å². The number of hydroxylamine groups is 2. The molecule has 1 aromatic rings. The van der Waals surface area contributed by atoms with Crippen LogP contribution in [0.2, 0.25) is 0 Å². The molecule has 110 valence electrons. The van der Waals surface area contributed by atoms with E-state index in [9.17, 15) is 9.90 Å². The monoisotopic (exact) mass is 279 g/mol. The number of hydrogen-bond donors (Lipinski definition) is 1. The summed E-state index contributed by atoms with van der Waals surface area (Å²) in [7, 11) is 0. The van der Waals surface area contributed by atoms with Crippen LogP contribution in [-0.2, 0) is 21.0 Å². The molecule has 1 fully saturated rings. The Balaban J connectivity index is 1.87.